The summed E-state index contributed by atoms with van der Waals surface area (Å²) in [5.41, 5.74) is 1.45. The third-order valence-electron chi connectivity index (χ3n) is 7.34. The molecule has 2 aliphatic heterocycles. The summed E-state index contributed by atoms with van der Waals surface area (Å²) in [7, 11) is 0. The average molecular weight is 446 g/mol. The van der Waals surface area contributed by atoms with Gasteiger partial charge in [-0.2, -0.15) is 5.26 Å². The van der Waals surface area contributed by atoms with Crippen LogP contribution in [0.4, 0.5) is 17.5 Å². The number of anilines is 3. The second-order valence-corrected chi connectivity index (χ2v) is 10.7. The first kappa shape index (κ1) is 21.6. The van der Waals surface area contributed by atoms with E-state index in [4.69, 9.17) is 9.97 Å². The van der Waals surface area contributed by atoms with Crippen molar-refractivity contribution >= 4 is 23.4 Å². The maximum absolute atomic E-state index is 12.9. The van der Waals surface area contributed by atoms with Crippen molar-refractivity contribution in [3.63, 3.8) is 0 Å². The fraction of sp³-hybridized carbons (Fsp3) is 0.560. The van der Waals surface area contributed by atoms with E-state index in [1.807, 2.05) is 31.7 Å². The molecule has 33 heavy (non-hydrogen) atoms. The highest BCUT2D eigenvalue weighted by atomic mass is 16.2. The maximum atomic E-state index is 12.9. The van der Waals surface area contributed by atoms with Crippen molar-refractivity contribution in [3.05, 3.63) is 35.8 Å². The summed E-state index contributed by atoms with van der Waals surface area (Å²) in [4.78, 5) is 33.4. The molecule has 1 spiro atoms. The Labute approximate surface area is 195 Å². The number of piperazine rings is 1. The molecule has 1 saturated heterocycles. The Bertz CT molecular complexity index is 1130. The number of rotatable bonds is 2. The van der Waals surface area contributed by atoms with E-state index >= 15 is 0 Å². The third kappa shape index (κ3) is 3.50. The number of hydrogen-bond acceptors (Lipinski definition) is 7. The van der Waals surface area contributed by atoms with Gasteiger partial charge in [-0.25, -0.2) is 15.0 Å². The van der Waals surface area contributed by atoms with Crippen LogP contribution in [-0.4, -0.2) is 58.0 Å². The molecular formula is C25H31N7O. The quantitative estimate of drug-likeness (QED) is 0.700. The van der Waals surface area contributed by atoms with Gasteiger partial charge < -0.3 is 14.7 Å². The van der Waals surface area contributed by atoms with Gasteiger partial charge >= 0.3 is 0 Å². The van der Waals surface area contributed by atoms with E-state index in [-0.39, 0.29) is 22.8 Å². The molecule has 1 unspecified atom stereocenters. The number of hydrogen-bond donors (Lipinski definition) is 0. The molecule has 0 N–H and O–H groups in total. The number of nitrogens with zero attached hydrogens (tertiary/aromatic N) is 7. The fourth-order valence-corrected chi connectivity index (χ4v) is 5.49. The highest BCUT2D eigenvalue weighted by Crippen LogP contribution is 2.56. The molecule has 8 nitrogen and oxygen atoms in total. The number of carbonyl (C=O) groups is 1. The molecule has 2 aromatic heterocycles. The summed E-state index contributed by atoms with van der Waals surface area (Å²) >= 11 is 0. The van der Waals surface area contributed by atoms with Crippen molar-refractivity contribution in [1.29, 1.82) is 5.26 Å². The number of fused-ring (bicyclic) bond motifs is 2. The van der Waals surface area contributed by atoms with Gasteiger partial charge in [0.15, 0.2) is 0 Å². The lowest BCUT2D eigenvalue weighted by Crippen LogP contribution is -2.56. The highest BCUT2D eigenvalue weighted by molar-refractivity contribution is 5.82. The molecule has 0 bridgehead atoms. The predicted octanol–water partition coefficient (Wildman–Crippen LogP) is 3.40. The van der Waals surface area contributed by atoms with Crippen LogP contribution in [0.25, 0.3) is 0 Å². The van der Waals surface area contributed by atoms with Crippen LogP contribution in [0.3, 0.4) is 0 Å². The van der Waals surface area contributed by atoms with Crippen molar-refractivity contribution in [2.45, 2.75) is 58.4 Å². The van der Waals surface area contributed by atoms with Gasteiger partial charge in [-0.1, -0.05) is 27.2 Å². The van der Waals surface area contributed by atoms with E-state index in [1.54, 1.807) is 18.6 Å². The smallest absolute Gasteiger partial charge is 0.228 e. The molecule has 0 radical (unpaired) electrons. The molecule has 2 aromatic rings. The van der Waals surface area contributed by atoms with Crippen molar-refractivity contribution in [2.24, 2.45) is 5.41 Å². The zero-order chi connectivity index (χ0) is 23.4. The van der Waals surface area contributed by atoms with E-state index in [1.165, 1.54) is 12.0 Å². The second-order valence-electron chi connectivity index (χ2n) is 10.7. The highest BCUT2D eigenvalue weighted by Gasteiger charge is 2.51. The molecule has 1 aliphatic carbocycles. The van der Waals surface area contributed by atoms with Gasteiger partial charge in [0.25, 0.3) is 0 Å². The lowest BCUT2D eigenvalue weighted by Gasteiger charge is -2.45. The summed E-state index contributed by atoms with van der Waals surface area (Å²) < 4.78 is 0. The normalized spacial score (nSPS) is 21.5. The van der Waals surface area contributed by atoms with Gasteiger partial charge in [-0.15, -0.1) is 0 Å². The van der Waals surface area contributed by atoms with Crippen LogP contribution < -0.4 is 9.80 Å². The molecule has 1 atom stereocenters. The number of nitriles is 1. The summed E-state index contributed by atoms with van der Waals surface area (Å²) in [6, 6.07) is 5.94. The minimum Gasteiger partial charge on any atom is -0.350 e. The zero-order valence-electron chi connectivity index (χ0n) is 19.9. The Morgan fingerprint density at radius 2 is 1.94 bits per heavy atom. The molecule has 1 saturated carbocycles. The number of carbonyl (C=O) groups excluding carboxylic acids is 1. The summed E-state index contributed by atoms with van der Waals surface area (Å²) in [6.07, 6.45) is 6.73. The molecule has 2 fully saturated rings. The van der Waals surface area contributed by atoms with Gasteiger partial charge in [0.1, 0.15) is 23.8 Å². The van der Waals surface area contributed by atoms with Gasteiger partial charge in [0, 0.05) is 54.8 Å². The van der Waals surface area contributed by atoms with E-state index in [9.17, 15) is 10.1 Å². The fourth-order valence-electron chi connectivity index (χ4n) is 5.49. The minimum atomic E-state index is -0.375. The van der Waals surface area contributed by atoms with Crippen LogP contribution in [-0.2, 0) is 10.2 Å². The van der Waals surface area contributed by atoms with Crippen molar-refractivity contribution < 1.29 is 4.79 Å². The molecule has 8 heteroatoms. The van der Waals surface area contributed by atoms with Crippen molar-refractivity contribution in [2.75, 3.05) is 36.0 Å². The largest absolute Gasteiger partial charge is 0.350 e. The number of pyridine rings is 1. The van der Waals surface area contributed by atoms with Crippen molar-refractivity contribution in [1.82, 2.24) is 19.9 Å². The van der Waals surface area contributed by atoms with E-state index in [2.05, 4.69) is 27.8 Å². The van der Waals surface area contributed by atoms with Crippen LogP contribution in [0.2, 0.25) is 0 Å². The molecule has 5 rings (SSSR count). The zero-order valence-corrected chi connectivity index (χ0v) is 19.9. The summed E-state index contributed by atoms with van der Waals surface area (Å²) in [5, 5.41) is 9.36. The first-order valence-corrected chi connectivity index (χ1v) is 11.8. The first-order chi connectivity index (χ1) is 15.7. The van der Waals surface area contributed by atoms with E-state index in [0.29, 0.717) is 18.7 Å². The average Bonchev–Trinajstić information content (AvgIpc) is 3.14. The molecule has 3 aliphatic rings. The molecule has 4 heterocycles. The Morgan fingerprint density at radius 3 is 2.58 bits per heavy atom. The topological polar surface area (TPSA) is 89.3 Å². The van der Waals surface area contributed by atoms with Gasteiger partial charge in [-0.3, -0.25) is 4.79 Å². The van der Waals surface area contributed by atoms with Crippen LogP contribution in [0.1, 0.15) is 58.1 Å². The van der Waals surface area contributed by atoms with Gasteiger partial charge in [-0.05, 0) is 31.9 Å². The van der Waals surface area contributed by atoms with Crippen LogP contribution in [0.5, 0.6) is 0 Å². The Kier molecular flexibility index (Phi) is 5.04. The Balaban J connectivity index is 1.50. The monoisotopic (exact) mass is 445 g/mol. The predicted molar refractivity (Wildman–Crippen MR) is 126 cm³/mol. The van der Waals surface area contributed by atoms with Crippen LogP contribution in [0.15, 0.2) is 24.7 Å². The van der Waals surface area contributed by atoms with Crippen LogP contribution >= 0.6 is 0 Å². The van der Waals surface area contributed by atoms with Gasteiger partial charge in [0.05, 0.1) is 11.6 Å². The lowest BCUT2D eigenvalue weighted by atomic mass is 9.66. The minimum absolute atomic E-state index is 0.0222. The molecule has 0 aromatic carbocycles. The number of aromatic nitrogens is 3. The van der Waals surface area contributed by atoms with Gasteiger partial charge in [0.2, 0.25) is 5.91 Å². The molecule has 1 amide bonds. The van der Waals surface area contributed by atoms with Crippen molar-refractivity contribution in [3.8, 4) is 6.07 Å². The molecule has 172 valence electrons. The van der Waals surface area contributed by atoms with E-state index in [0.717, 1.165) is 43.4 Å². The second kappa shape index (κ2) is 7.68. The number of amides is 1. The first-order valence-electron chi connectivity index (χ1n) is 11.8. The summed E-state index contributed by atoms with van der Waals surface area (Å²) in [6.45, 7) is 11.1. The SMILES string of the molecule is CC1CN(C(=O)C(C)(C)C)CCN1c1ncnc2c1C1(CCC1)CN2c1cc(C#N)ccn1. The molecular weight excluding hydrogens is 414 g/mol. The van der Waals surface area contributed by atoms with Crippen LogP contribution in [0, 0.1) is 16.7 Å². The lowest BCUT2D eigenvalue weighted by molar-refractivity contribution is -0.140. The summed E-state index contributed by atoms with van der Waals surface area (Å²) in [5.74, 6) is 2.86. The Morgan fingerprint density at radius 1 is 1.18 bits per heavy atom. The standard InChI is InChI=1S/C25H31N7O/c1-17-14-30(23(33)24(2,3)4)10-11-31(17)21-20-22(29-16-28-21)32(15-25(20)7-5-8-25)19-12-18(13-26)6-9-27-19/h6,9,12,16-17H,5,7-8,10-11,14-15H2,1-4H3. The third-order valence-corrected chi connectivity index (χ3v) is 7.34. The Hall–Kier alpha value is -3.21. The maximum Gasteiger partial charge on any atom is 0.228 e. The van der Waals surface area contributed by atoms with E-state index < -0.39 is 0 Å².